The fourth-order valence-electron chi connectivity index (χ4n) is 0.899. The highest BCUT2D eigenvalue weighted by atomic mass is 19.1. The van der Waals surface area contributed by atoms with E-state index < -0.39 is 0 Å². The first-order valence-electron chi connectivity index (χ1n) is 3.41. The summed E-state index contributed by atoms with van der Waals surface area (Å²) in [4.78, 5) is 0. The molecule has 0 bridgehead atoms. The van der Waals surface area contributed by atoms with E-state index in [-0.39, 0.29) is 11.2 Å². The quantitative estimate of drug-likeness (QED) is 0.591. The van der Waals surface area contributed by atoms with Crippen molar-refractivity contribution >= 4 is 0 Å². The van der Waals surface area contributed by atoms with Crippen LogP contribution in [0.2, 0.25) is 0 Å². The second kappa shape index (κ2) is 2.54. The standard InChI is InChI=1S/C8H12FN/c1-8(6-10)4-2-7(9)3-5-8/h2-4H,5-6,10H2,1H3/t8-/m0/s1. The van der Waals surface area contributed by atoms with Crippen molar-refractivity contribution in [3.8, 4) is 0 Å². The van der Waals surface area contributed by atoms with Crippen molar-refractivity contribution in [1.29, 1.82) is 0 Å². The van der Waals surface area contributed by atoms with E-state index in [2.05, 4.69) is 0 Å². The number of nitrogens with two attached hydrogens (primary N) is 1. The van der Waals surface area contributed by atoms with Crippen LogP contribution in [0.3, 0.4) is 0 Å². The van der Waals surface area contributed by atoms with E-state index >= 15 is 0 Å². The van der Waals surface area contributed by atoms with Crippen molar-refractivity contribution in [3.05, 3.63) is 24.1 Å². The average molecular weight is 141 g/mol. The maximum Gasteiger partial charge on any atom is 0.118 e. The second-order valence-electron chi connectivity index (χ2n) is 2.98. The van der Waals surface area contributed by atoms with Gasteiger partial charge in [-0.25, -0.2) is 4.39 Å². The molecule has 56 valence electrons. The lowest BCUT2D eigenvalue weighted by atomic mass is 9.84. The molecule has 0 saturated heterocycles. The van der Waals surface area contributed by atoms with Gasteiger partial charge in [-0.05, 0) is 18.6 Å². The third-order valence-corrected chi connectivity index (χ3v) is 1.87. The summed E-state index contributed by atoms with van der Waals surface area (Å²) in [5, 5.41) is 0. The maximum absolute atomic E-state index is 12.4. The molecule has 1 atom stereocenters. The molecule has 2 N–H and O–H groups in total. The Kier molecular flexibility index (Phi) is 1.90. The highest BCUT2D eigenvalue weighted by Gasteiger charge is 2.20. The van der Waals surface area contributed by atoms with Gasteiger partial charge in [-0.15, -0.1) is 0 Å². The Labute approximate surface area is 60.4 Å². The van der Waals surface area contributed by atoms with Crippen LogP contribution < -0.4 is 5.73 Å². The average Bonchev–Trinajstić information content (AvgIpc) is 1.96. The number of rotatable bonds is 1. The van der Waals surface area contributed by atoms with Crippen molar-refractivity contribution in [2.24, 2.45) is 11.1 Å². The van der Waals surface area contributed by atoms with E-state index in [1.165, 1.54) is 6.08 Å². The summed E-state index contributed by atoms with van der Waals surface area (Å²) in [6.45, 7) is 2.60. The zero-order chi connectivity index (χ0) is 7.61. The lowest BCUT2D eigenvalue weighted by molar-refractivity contribution is 0.432. The summed E-state index contributed by atoms with van der Waals surface area (Å²) >= 11 is 0. The molecule has 0 unspecified atom stereocenters. The minimum absolute atomic E-state index is 0.0183. The van der Waals surface area contributed by atoms with Gasteiger partial charge in [0, 0.05) is 12.0 Å². The number of allylic oxidation sites excluding steroid dienone is 3. The topological polar surface area (TPSA) is 26.0 Å². The van der Waals surface area contributed by atoms with E-state index in [0.29, 0.717) is 13.0 Å². The van der Waals surface area contributed by atoms with Crippen LogP contribution >= 0.6 is 0 Å². The van der Waals surface area contributed by atoms with Gasteiger partial charge in [0.15, 0.2) is 0 Å². The van der Waals surface area contributed by atoms with E-state index in [1.807, 2.05) is 13.0 Å². The summed E-state index contributed by atoms with van der Waals surface area (Å²) in [5.74, 6) is -0.147. The normalized spacial score (nSPS) is 32.1. The molecule has 1 rings (SSSR count). The molecule has 0 heterocycles. The van der Waals surface area contributed by atoms with Crippen LogP contribution in [0.4, 0.5) is 4.39 Å². The molecule has 0 aromatic carbocycles. The van der Waals surface area contributed by atoms with Crippen LogP contribution in [0.1, 0.15) is 13.3 Å². The van der Waals surface area contributed by atoms with Crippen LogP contribution in [0.15, 0.2) is 24.1 Å². The van der Waals surface area contributed by atoms with Gasteiger partial charge in [-0.1, -0.05) is 13.0 Å². The van der Waals surface area contributed by atoms with Crippen molar-refractivity contribution in [2.75, 3.05) is 6.54 Å². The van der Waals surface area contributed by atoms with Crippen LogP contribution in [-0.2, 0) is 0 Å². The molecule has 1 aliphatic rings. The van der Waals surface area contributed by atoms with Crippen molar-refractivity contribution in [3.63, 3.8) is 0 Å². The summed E-state index contributed by atoms with van der Waals surface area (Å²) in [6.07, 6.45) is 5.61. The van der Waals surface area contributed by atoms with Crippen LogP contribution in [0.25, 0.3) is 0 Å². The highest BCUT2D eigenvalue weighted by molar-refractivity contribution is 5.20. The highest BCUT2D eigenvalue weighted by Crippen LogP contribution is 2.27. The van der Waals surface area contributed by atoms with Crippen LogP contribution in [0, 0.1) is 5.41 Å². The zero-order valence-electron chi connectivity index (χ0n) is 6.10. The van der Waals surface area contributed by atoms with Crippen molar-refractivity contribution in [2.45, 2.75) is 13.3 Å². The van der Waals surface area contributed by atoms with Gasteiger partial charge in [0.25, 0.3) is 0 Å². The maximum atomic E-state index is 12.4. The Balaban J connectivity index is 2.67. The molecular weight excluding hydrogens is 129 g/mol. The van der Waals surface area contributed by atoms with Gasteiger partial charge in [-0.2, -0.15) is 0 Å². The fourth-order valence-corrected chi connectivity index (χ4v) is 0.899. The van der Waals surface area contributed by atoms with Crippen molar-refractivity contribution < 1.29 is 4.39 Å². The van der Waals surface area contributed by atoms with Gasteiger partial charge in [-0.3, -0.25) is 0 Å². The smallest absolute Gasteiger partial charge is 0.118 e. The molecule has 2 heteroatoms. The lowest BCUT2D eigenvalue weighted by Crippen LogP contribution is -2.25. The SMILES string of the molecule is C[C@]1(CN)C=CC(F)=CC1. The van der Waals surface area contributed by atoms with Gasteiger partial charge in [0.2, 0.25) is 0 Å². The Bertz CT molecular complexity index is 184. The minimum Gasteiger partial charge on any atom is -0.330 e. The Hall–Kier alpha value is -0.630. The molecule has 1 nitrogen and oxygen atoms in total. The number of hydrogen-bond acceptors (Lipinski definition) is 1. The molecule has 1 aliphatic carbocycles. The number of halogens is 1. The predicted octanol–water partition coefficient (Wildman–Crippen LogP) is 1.76. The first-order chi connectivity index (χ1) is 4.66. The summed E-state index contributed by atoms with van der Waals surface area (Å²) in [7, 11) is 0. The van der Waals surface area contributed by atoms with E-state index in [0.717, 1.165) is 0 Å². The molecule has 0 aromatic heterocycles. The van der Waals surface area contributed by atoms with Crippen LogP contribution in [-0.4, -0.2) is 6.54 Å². The monoisotopic (exact) mass is 141 g/mol. The summed E-state index contributed by atoms with van der Waals surface area (Å²) in [6, 6.07) is 0. The molecule has 0 amide bonds. The van der Waals surface area contributed by atoms with Crippen LogP contribution in [0.5, 0.6) is 0 Å². The zero-order valence-corrected chi connectivity index (χ0v) is 6.10. The lowest BCUT2D eigenvalue weighted by Gasteiger charge is -2.24. The molecule has 0 radical (unpaired) electrons. The molecule has 10 heavy (non-hydrogen) atoms. The third kappa shape index (κ3) is 1.45. The fraction of sp³-hybridized carbons (Fsp3) is 0.500. The first-order valence-corrected chi connectivity index (χ1v) is 3.41. The van der Waals surface area contributed by atoms with Gasteiger partial charge in [0.1, 0.15) is 5.83 Å². The second-order valence-corrected chi connectivity index (χ2v) is 2.98. The molecule has 0 saturated carbocycles. The Morgan fingerprint density at radius 3 is 2.90 bits per heavy atom. The minimum atomic E-state index is -0.147. The van der Waals surface area contributed by atoms with Crippen molar-refractivity contribution in [1.82, 2.24) is 0 Å². The summed E-state index contributed by atoms with van der Waals surface area (Å²) in [5.41, 5.74) is 5.46. The summed E-state index contributed by atoms with van der Waals surface area (Å²) < 4.78 is 12.4. The molecule has 0 fully saturated rings. The third-order valence-electron chi connectivity index (χ3n) is 1.87. The van der Waals surface area contributed by atoms with Gasteiger partial charge < -0.3 is 5.73 Å². The molecule has 0 spiro atoms. The largest absolute Gasteiger partial charge is 0.330 e. The predicted molar refractivity (Wildman–Crippen MR) is 40.1 cm³/mol. The van der Waals surface area contributed by atoms with E-state index in [1.54, 1.807) is 6.08 Å². The Morgan fingerprint density at radius 2 is 2.50 bits per heavy atom. The Morgan fingerprint density at radius 1 is 1.80 bits per heavy atom. The van der Waals surface area contributed by atoms with Gasteiger partial charge >= 0.3 is 0 Å². The van der Waals surface area contributed by atoms with E-state index in [4.69, 9.17) is 5.73 Å². The number of hydrogen-bond donors (Lipinski definition) is 1. The molecule has 0 aliphatic heterocycles. The van der Waals surface area contributed by atoms with E-state index in [9.17, 15) is 4.39 Å². The first kappa shape index (κ1) is 7.48. The molecular formula is C8H12FN. The van der Waals surface area contributed by atoms with Gasteiger partial charge in [0.05, 0.1) is 0 Å². The molecule has 0 aromatic rings.